The number of rotatable bonds is 13. The number of nitro benzene ring substituents is 2. The van der Waals surface area contributed by atoms with Gasteiger partial charge in [-0.05, 0) is 32.8 Å². The highest BCUT2D eigenvalue weighted by molar-refractivity contribution is 6.46. The van der Waals surface area contributed by atoms with Crippen LogP contribution in [0.25, 0.3) is 0 Å². The molecule has 0 amide bonds. The number of anilines is 1. The number of non-ortho nitro benzene ring substituents is 1. The molecule has 27 heavy (non-hydrogen) atoms. The lowest BCUT2D eigenvalue weighted by molar-refractivity contribution is -0.393. The van der Waals surface area contributed by atoms with E-state index in [1.54, 1.807) is 0 Å². The molecule has 0 saturated carbocycles. The number of nitro groups is 2. The predicted octanol–water partition coefficient (Wildman–Crippen LogP) is 2.27. The first kappa shape index (κ1) is 23.0. The lowest BCUT2D eigenvalue weighted by Crippen LogP contribution is -2.46. The zero-order chi connectivity index (χ0) is 20.4. The van der Waals surface area contributed by atoms with Crippen LogP contribution in [-0.4, -0.2) is 51.1 Å². The molecule has 0 bridgehead atoms. The van der Waals surface area contributed by atoms with Gasteiger partial charge in [-0.25, -0.2) is 0 Å². The molecular weight excluding hydrogens is 372 g/mol. The molecule has 10 nitrogen and oxygen atoms in total. The fourth-order valence-corrected chi connectivity index (χ4v) is 4.40. The van der Waals surface area contributed by atoms with Crippen LogP contribution < -0.4 is 10.6 Å². The second-order valence-electron chi connectivity index (χ2n) is 5.91. The maximum atomic E-state index is 11.4. The van der Waals surface area contributed by atoms with E-state index in [0.29, 0.717) is 38.4 Å². The van der Waals surface area contributed by atoms with Gasteiger partial charge in [-0.15, -0.1) is 0 Å². The number of hydrogen-bond acceptors (Lipinski definition) is 8. The summed E-state index contributed by atoms with van der Waals surface area (Å²) in [4.78, 5) is 22.9. The molecule has 1 aromatic carbocycles. The minimum atomic E-state index is -2.03. The van der Waals surface area contributed by atoms with Gasteiger partial charge in [-0.2, -0.15) is 0 Å². The number of benzene rings is 1. The Hall–Kier alpha value is -2.08. The predicted molar refractivity (Wildman–Crippen MR) is 105 cm³/mol. The molecule has 1 aromatic rings. The van der Waals surface area contributed by atoms with Crippen molar-refractivity contribution in [2.45, 2.75) is 39.3 Å². The molecule has 0 aliphatic rings. The smallest absolute Gasteiger partial charge is 0.338 e. The standard InChI is InChI=1S/C16H28N4O6Si/c1-4-10-18(11-9-16(17)27(25-5-2)26-6-3)14-8-7-13(19(21)22)12-15(14)20(23)24/h7-8,12,16,27H,4-6,9-11,17H2,1-3H3. The second kappa shape index (κ2) is 11.6. The Morgan fingerprint density at radius 3 is 2.22 bits per heavy atom. The highest BCUT2D eigenvalue weighted by atomic mass is 28.3. The summed E-state index contributed by atoms with van der Waals surface area (Å²) >= 11 is 0. The summed E-state index contributed by atoms with van der Waals surface area (Å²) in [6.45, 7) is 7.82. The molecule has 2 N–H and O–H groups in total. The van der Waals surface area contributed by atoms with Crippen LogP contribution in [0.15, 0.2) is 18.2 Å². The third-order valence-corrected chi connectivity index (χ3v) is 6.30. The largest absolute Gasteiger partial charge is 0.396 e. The van der Waals surface area contributed by atoms with Crippen molar-refractivity contribution in [3.63, 3.8) is 0 Å². The zero-order valence-corrected chi connectivity index (χ0v) is 17.2. The molecule has 0 saturated heterocycles. The third kappa shape index (κ3) is 6.86. The lowest BCUT2D eigenvalue weighted by atomic mass is 10.2. The minimum absolute atomic E-state index is 0.263. The first-order chi connectivity index (χ1) is 12.8. The summed E-state index contributed by atoms with van der Waals surface area (Å²) in [6.07, 6.45) is 1.31. The Morgan fingerprint density at radius 2 is 1.74 bits per heavy atom. The average molecular weight is 401 g/mol. The van der Waals surface area contributed by atoms with Crippen molar-refractivity contribution in [1.82, 2.24) is 0 Å². The van der Waals surface area contributed by atoms with E-state index in [-0.39, 0.29) is 17.0 Å². The third-order valence-electron chi connectivity index (χ3n) is 3.94. The molecule has 0 spiro atoms. The first-order valence-corrected chi connectivity index (χ1v) is 10.6. The summed E-state index contributed by atoms with van der Waals surface area (Å²) in [5.41, 5.74) is 5.74. The quantitative estimate of drug-likeness (QED) is 0.303. The molecule has 0 heterocycles. The van der Waals surface area contributed by atoms with Crippen LogP contribution in [0, 0.1) is 20.2 Å². The van der Waals surface area contributed by atoms with Crippen LogP contribution in [-0.2, 0) is 8.85 Å². The Kier molecular flexibility index (Phi) is 9.86. The molecule has 1 unspecified atom stereocenters. The summed E-state index contributed by atoms with van der Waals surface area (Å²) in [7, 11) is -2.03. The van der Waals surface area contributed by atoms with Gasteiger partial charge in [-0.1, -0.05) is 6.92 Å². The van der Waals surface area contributed by atoms with Gasteiger partial charge in [-0.3, -0.25) is 20.2 Å². The molecule has 1 rings (SSSR count). The van der Waals surface area contributed by atoms with Crippen LogP contribution in [0.1, 0.15) is 33.6 Å². The van der Waals surface area contributed by atoms with Crippen molar-refractivity contribution in [1.29, 1.82) is 0 Å². The van der Waals surface area contributed by atoms with Gasteiger partial charge in [0.05, 0.1) is 15.9 Å². The molecule has 1 atom stereocenters. The van der Waals surface area contributed by atoms with Gasteiger partial charge in [0.2, 0.25) is 0 Å². The lowest BCUT2D eigenvalue weighted by Gasteiger charge is -2.27. The van der Waals surface area contributed by atoms with E-state index in [2.05, 4.69) is 0 Å². The number of nitrogens with two attached hydrogens (primary N) is 1. The van der Waals surface area contributed by atoms with E-state index in [1.165, 1.54) is 12.1 Å². The molecule has 0 aliphatic carbocycles. The van der Waals surface area contributed by atoms with Gasteiger partial charge in [0.25, 0.3) is 11.4 Å². The summed E-state index contributed by atoms with van der Waals surface area (Å²) in [5, 5.41) is 22.3. The highest BCUT2D eigenvalue weighted by Crippen LogP contribution is 2.32. The van der Waals surface area contributed by atoms with E-state index in [4.69, 9.17) is 14.6 Å². The molecule has 0 aliphatic heterocycles. The van der Waals surface area contributed by atoms with E-state index >= 15 is 0 Å². The van der Waals surface area contributed by atoms with Gasteiger partial charge in [0, 0.05) is 38.0 Å². The summed E-state index contributed by atoms with van der Waals surface area (Å²) in [6, 6.07) is 3.70. The van der Waals surface area contributed by atoms with Crippen molar-refractivity contribution in [2.24, 2.45) is 5.73 Å². The van der Waals surface area contributed by atoms with Crippen LogP contribution >= 0.6 is 0 Å². The zero-order valence-electron chi connectivity index (χ0n) is 16.0. The maximum Gasteiger partial charge on any atom is 0.338 e. The second-order valence-corrected chi connectivity index (χ2v) is 8.17. The maximum absolute atomic E-state index is 11.4. The summed E-state index contributed by atoms with van der Waals surface area (Å²) in [5.74, 6) is 0. The molecule has 0 radical (unpaired) electrons. The average Bonchev–Trinajstić information content (AvgIpc) is 2.64. The molecule has 0 fully saturated rings. The summed E-state index contributed by atoms with van der Waals surface area (Å²) < 4.78 is 11.3. The van der Waals surface area contributed by atoms with Gasteiger partial charge in [0.15, 0.2) is 0 Å². The van der Waals surface area contributed by atoms with Crippen LogP contribution in [0.3, 0.4) is 0 Å². The Bertz CT molecular complexity index is 627. The van der Waals surface area contributed by atoms with Gasteiger partial charge < -0.3 is 19.5 Å². The van der Waals surface area contributed by atoms with Crippen LogP contribution in [0.4, 0.5) is 17.1 Å². The van der Waals surface area contributed by atoms with Crippen molar-refractivity contribution in [2.75, 3.05) is 31.2 Å². The Balaban J connectivity index is 3.01. The monoisotopic (exact) mass is 400 g/mol. The van der Waals surface area contributed by atoms with Crippen molar-refractivity contribution < 1.29 is 18.7 Å². The topological polar surface area (TPSA) is 134 Å². The molecule has 0 aromatic heterocycles. The molecular formula is C16H28N4O6Si. The number of hydrogen-bond donors (Lipinski definition) is 1. The van der Waals surface area contributed by atoms with E-state index < -0.39 is 19.1 Å². The van der Waals surface area contributed by atoms with Crippen LogP contribution in [0.2, 0.25) is 0 Å². The van der Waals surface area contributed by atoms with E-state index in [9.17, 15) is 20.2 Å². The molecule has 152 valence electrons. The Labute approximate surface area is 160 Å². The normalized spacial score (nSPS) is 12.2. The van der Waals surface area contributed by atoms with Gasteiger partial charge in [0.1, 0.15) is 5.69 Å². The van der Waals surface area contributed by atoms with E-state index in [1.807, 2.05) is 25.7 Å². The number of nitrogens with zero attached hydrogens (tertiary/aromatic N) is 3. The van der Waals surface area contributed by atoms with Crippen molar-refractivity contribution >= 4 is 26.3 Å². The fourth-order valence-electron chi connectivity index (χ4n) is 2.73. The Morgan fingerprint density at radius 1 is 1.11 bits per heavy atom. The van der Waals surface area contributed by atoms with Crippen molar-refractivity contribution in [3.8, 4) is 0 Å². The minimum Gasteiger partial charge on any atom is -0.396 e. The van der Waals surface area contributed by atoms with Crippen LogP contribution in [0.5, 0.6) is 0 Å². The van der Waals surface area contributed by atoms with Gasteiger partial charge >= 0.3 is 9.28 Å². The fraction of sp³-hybridized carbons (Fsp3) is 0.625. The SMILES string of the molecule is CCCN(CCC(N)[SiH](OCC)OCC)c1ccc([N+](=O)[O-])cc1[N+](=O)[O-]. The van der Waals surface area contributed by atoms with E-state index in [0.717, 1.165) is 12.5 Å². The first-order valence-electron chi connectivity index (χ1n) is 9.02. The highest BCUT2D eigenvalue weighted by Gasteiger charge is 2.26. The molecule has 11 heteroatoms. The van der Waals surface area contributed by atoms with Crippen molar-refractivity contribution in [3.05, 3.63) is 38.4 Å².